The number of methoxy groups -OCH3 is 1. The normalized spacial score (nSPS) is 12.4. The Morgan fingerprint density at radius 2 is 2.10 bits per heavy atom. The molecule has 0 bridgehead atoms. The Hall–Kier alpha value is -1.03. The van der Waals surface area contributed by atoms with Gasteiger partial charge in [0.15, 0.2) is 0 Å². The van der Waals surface area contributed by atoms with Crippen molar-refractivity contribution < 1.29 is 4.74 Å². The zero-order valence-corrected chi connectivity index (χ0v) is 14.4. The van der Waals surface area contributed by atoms with Gasteiger partial charge in [-0.05, 0) is 48.9 Å². The van der Waals surface area contributed by atoms with E-state index in [0.29, 0.717) is 0 Å². The molecule has 0 amide bonds. The van der Waals surface area contributed by atoms with Gasteiger partial charge in [-0.25, -0.2) is 0 Å². The van der Waals surface area contributed by atoms with Crippen molar-refractivity contribution in [2.75, 3.05) is 13.7 Å². The molecule has 1 unspecified atom stereocenters. The maximum Gasteiger partial charge on any atom is 0.122 e. The summed E-state index contributed by atoms with van der Waals surface area (Å²) in [6.45, 7) is 5.21. The van der Waals surface area contributed by atoms with Crippen LogP contribution in [0.5, 0.6) is 5.75 Å². The van der Waals surface area contributed by atoms with Crippen molar-refractivity contribution in [3.8, 4) is 5.75 Å². The third kappa shape index (κ3) is 4.00. The van der Waals surface area contributed by atoms with Gasteiger partial charge in [0.25, 0.3) is 0 Å². The average molecular weight is 324 g/mol. The Labute approximate surface area is 136 Å². The highest BCUT2D eigenvalue weighted by Crippen LogP contribution is 2.35. The van der Waals surface area contributed by atoms with Crippen molar-refractivity contribution in [3.63, 3.8) is 0 Å². The minimum atomic E-state index is 0.229. The fraction of sp³-hybridized carbons (Fsp3) is 0.412. The van der Waals surface area contributed by atoms with Crippen molar-refractivity contribution in [2.45, 2.75) is 32.7 Å². The second-order valence-corrected chi connectivity index (χ2v) is 6.41. The number of nitrogens with one attached hydrogen (secondary N) is 1. The first kappa shape index (κ1) is 16.3. The third-order valence-corrected chi connectivity index (χ3v) is 5.33. The predicted molar refractivity (Wildman–Crippen MR) is 91.8 cm³/mol. The van der Waals surface area contributed by atoms with Crippen LogP contribution in [0.4, 0.5) is 0 Å². The SMILES string of the molecule is CCCNC(Cc1ccccc1OC)c1scc(C)c1Cl. The molecule has 1 N–H and O–H groups in total. The Bertz CT molecular complexity index is 582. The van der Waals surface area contributed by atoms with E-state index < -0.39 is 0 Å². The van der Waals surface area contributed by atoms with Crippen molar-refractivity contribution in [3.05, 3.63) is 50.7 Å². The molecular formula is C17H22ClNOS. The number of benzene rings is 1. The quantitative estimate of drug-likeness (QED) is 0.774. The van der Waals surface area contributed by atoms with Gasteiger partial charge in [-0.2, -0.15) is 0 Å². The van der Waals surface area contributed by atoms with Crippen LogP contribution in [-0.4, -0.2) is 13.7 Å². The van der Waals surface area contributed by atoms with Crippen molar-refractivity contribution in [2.24, 2.45) is 0 Å². The van der Waals surface area contributed by atoms with Crippen LogP contribution in [0.3, 0.4) is 0 Å². The van der Waals surface area contributed by atoms with Gasteiger partial charge >= 0.3 is 0 Å². The monoisotopic (exact) mass is 323 g/mol. The number of thiophene rings is 1. The zero-order chi connectivity index (χ0) is 15.2. The van der Waals surface area contributed by atoms with E-state index in [1.165, 1.54) is 10.4 Å². The molecule has 2 rings (SSSR count). The van der Waals surface area contributed by atoms with E-state index in [1.807, 2.05) is 12.1 Å². The van der Waals surface area contributed by atoms with Crippen LogP contribution in [0.2, 0.25) is 5.02 Å². The largest absolute Gasteiger partial charge is 0.496 e. The fourth-order valence-electron chi connectivity index (χ4n) is 2.35. The molecule has 0 saturated carbocycles. The highest BCUT2D eigenvalue weighted by atomic mass is 35.5. The Morgan fingerprint density at radius 1 is 1.33 bits per heavy atom. The first-order chi connectivity index (χ1) is 10.2. The van der Waals surface area contributed by atoms with Crippen LogP contribution in [0.25, 0.3) is 0 Å². The number of hydrogen-bond acceptors (Lipinski definition) is 3. The number of rotatable bonds is 7. The van der Waals surface area contributed by atoms with Crippen molar-refractivity contribution >= 4 is 22.9 Å². The fourth-order valence-corrected chi connectivity index (χ4v) is 3.75. The van der Waals surface area contributed by atoms with E-state index in [4.69, 9.17) is 16.3 Å². The lowest BCUT2D eigenvalue weighted by molar-refractivity contribution is 0.405. The Kier molecular flexibility index (Phi) is 6.09. The highest BCUT2D eigenvalue weighted by Gasteiger charge is 2.19. The van der Waals surface area contributed by atoms with E-state index in [9.17, 15) is 0 Å². The van der Waals surface area contributed by atoms with E-state index >= 15 is 0 Å². The molecule has 1 atom stereocenters. The summed E-state index contributed by atoms with van der Waals surface area (Å²) in [5.74, 6) is 0.935. The lowest BCUT2D eigenvalue weighted by atomic mass is 10.0. The summed E-state index contributed by atoms with van der Waals surface area (Å²) >= 11 is 8.19. The van der Waals surface area contributed by atoms with Crippen molar-refractivity contribution in [1.82, 2.24) is 5.32 Å². The zero-order valence-electron chi connectivity index (χ0n) is 12.8. The molecule has 0 aliphatic carbocycles. The molecule has 0 spiro atoms. The number of aryl methyl sites for hydroxylation is 1. The molecule has 0 fully saturated rings. The van der Waals surface area contributed by atoms with E-state index in [1.54, 1.807) is 18.4 Å². The van der Waals surface area contributed by atoms with E-state index in [-0.39, 0.29) is 6.04 Å². The molecule has 0 aliphatic heterocycles. The molecule has 1 aromatic carbocycles. The lowest BCUT2D eigenvalue weighted by Crippen LogP contribution is -2.23. The molecule has 114 valence electrons. The van der Waals surface area contributed by atoms with Crippen LogP contribution in [0.15, 0.2) is 29.6 Å². The second kappa shape index (κ2) is 7.83. The average Bonchev–Trinajstić information content (AvgIpc) is 2.84. The minimum Gasteiger partial charge on any atom is -0.496 e. The number of ether oxygens (including phenoxy) is 1. The van der Waals surface area contributed by atoms with Gasteiger partial charge in [0.05, 0.1) is 12.1 Å². The van der Waals surface area contributed by atoms with Gasteiger partial charge in [-0.1, -0.05) is 36.7 Å². The van der Waals surface area contributed by atoms with E-state index in [0.717, 1.165) is 35.7 Å². The maximum absolute atomic E-state index is 6.46. The number of halogens is 1. The van der Waals surface area contributed by atoms with Gasteiger partial charge < -0.3 is 10.1 Å². The molecule has 2 aromatic rings. The molecule has 2 nitrogen and oxygen atoms in total. The summed E-state index contributed by atoms with van der Waals surface area (Å²) < 4.78 is 5.46. The Morgan fingerprint density at radius 3 is 2.71 bits per heavy atom. The molecule has 0 aliphatic rings. The Balaban J connectivity index is 2.26. The van der Waals surface area contributed by atoms with Gasteiger partial charge in [0.1, 0.15) is 5.75 Å². The minimum absolute atomic E-state index is 0.229. The number of hydrogen-bond donors (Lipinski definition) is 1. The molecule has 4 heteroatoms. The first-order valence-electron chi connectivity index (χ1n) is 7.26. The third-order valence-electron chi connectivity index (χ3n) is 3.50. The summed E-state index contributed by atoms with van der Waals surface area (Å²) in [4.78, 5) is 1.22. The summed E-state index contributed by atoms with van der Waals surface area (Å²) in [6.07, 6.45) is 1.98. The van der Waals surface area contributed by atoms with Gasteiger partial charge in [-0.15, -0.1) is 11.3 Å². The van der Waals surface area contributed by atoms with Crippen molar-refractivity contribution in [1.29, 1.82) is 0 Å². The lowest BCUT2D eigenvalue weighted by Gasteiger charge is -2.19. The molecule has 0 radical (unpaired) electrons. The molecule has 1 aromatic heterocycles. The molecule has 1 heterocycles. The summed E-state index contributed by atoms with van der Waals surface area (Å²) in [6, 6.07) is 8.41. The molecule has 21 heavy (non-hydrogen) atoms. The molecular weight excluding hydrogens is 302 g/mol. The highest BCUT2D eigenvalue weighted by molar-refractivity contribution is 7.10. The van der Waals surface area contributed by atoms with Gasteiger partial charge in [-0.3, -0.25) is 0 Å². The topological polar surface area (TPSA) is 21.3 Å². The predicted octanol–water partition coefficient (Wildman–Crippen LogP) is 5.00. The van der Waals surface area contributed by atoms with Crippen LogP contribution in [0, 0.1) is 6.92 Å². The summed E-state index contributed by atoms with van der Waals surface area (Å²) in [5.41, 5.74) is 2.36. The van der Waals surface area contributed by atoms with Crippen LogP contribution < -0.4 is 10.1 Å². The van der Waals surface area contributed by atoms with Crippen LogP contribution >= 0.6 is 22.9 Å². The smallest absolute Gasteiger partial charge is 0.122 e. The number of para-hydroxylation sites is 1. The van der Waals surface area contributed by atoms with Gasteiger partial charge in [0.2, 0.25) is 0 Å². The summed E-state index contributed by atoms with van der Waals surface area (Å²) in [7, 11) is 1.72. The van der Waals surface area contributed by atoms with Gasteiger partial charge in [0, 0.05) is 10.9 Å². The first-order valence-corrected chi connectivity index (χ1v) is 8.51. The van der Waals surface area contributed by atoms with Crippen LogP contribution in [0.1, 0.15) is 35.4 Å². The second-order valence-electron chi connectivity index (χ2n) is 5.12. The standard InChI is InChI=1S/C17H22ClNOS/c1-4-9-19-14(17-16(18)12(2)11-21-17)10-13-7-5-6-8-15(13)20-3/h5-8,11,14,19H,4,9-10H2,1-3H3. The van der Waals surface area contributed by atoms with E-state index in [2.05, 4.69) is 36.7 Å². The van der Waals surface area contributed by atoms with Crippen LogP contribution in [-0.2, 0) is 6.42 Å². The summed E-state index contributed by atoms with van der Waals surface area (Å²) in [5, 5.41) is 6.63. The molecule has 0 saturated heterocycles. The maximum atomic E-state index is 6.46.